The Morgan fingerprint density at radius 3 is 2.66 bits per heavy atom. The molecule has 1 fully saturated rings. The van der Waals surface area contributed by atoms with Crippen LogP contribution in [0.3, 0.4) is 0 Å². The van der Waals surface area contributed by atoms with Gasteiger partial charge in [-0.25, -0.2) is 14.4 Å². The van der Waals surface area contributed by atoms with Crippen LogP contribution in [-0.2, 0) is 11.2 Å². The molecule has 188 valence electrons. The van der Waals surface area contributed by atoms with Gasteiger partial charge in [-0.05, 0) is 76.8 Å². The lowest BCUT2D eigenvalue weighted by atomic mass is 9.92. The largest absolute Gasteiger partial charge is 0.488 e. The first-order chi connectivity index (χ1) is 16.9. The Morgan fingerprint density at radius 1 is 1.20 bits per heavy atom. The number of aryl methyl sites for hydroxylation is 2. The van der Waals surface area contributed by atoms with Crippen molar-refractivity contribution >= 4 is 0 Å². The number of nitrogens with one attached hydrogen (secondary N) is 1. The van der Waals surface area contributed by atoms with Crippen molar-refractivity contribution in [2.24, 2.45) is 5.92 Å². The van der Waals surface area contributed by atoms with Gasteiger partial charge in [0.2, 0.25) is 0 Å². The minimum absolute atomic E-state index is 0.0324. The number of nitrogens with zero attached hydrogens (tertiary/aromatic N) is 3. The van der Waals surface area contributed by atoms with Gasteiger partial charge in [-0.2, -0.15) is 0 Å². The molecule has 1 atom stereocenters. The normalized spacial score (nSPS) is 15.4. The highest BCUT2D eigenvalue weighted by Crippen LogP contribution is 2.34. The zero-order chi connectivity index (χ0) is 24.9. The Hall–Kier alpha value is -2.88. The highest BCUT2D eigenvalue weighted by Gasteiger charge is 2.23. The number of rotatable bonds is 9. The molecule has 0 aliphatic carbocycles. The van der Waals surface area contributed by atoms with Crippen molar-refractivity contribution in [3.8, 4) is 28.4 Å². The highest BCUT2D eigenvalue weighted by atomic mass is 19.1. The number of benzene rings is 1. The molecule has 1 unspecified atom stereocenters. The second-order valence-electron chi connectivity index (χ2n) is 9.09. The molecule has 0 saturated carbocycles. The summed E-state index contributed by atoms with van der Waals surface area (Å²) in [6.45, 7) is 7.63. The van der Waals surface area contributed by atoms with E-state index in [9.17, 15) is 9.50 Å². The maximum Gasteiger partial charge on any atom is 0.165 e. The Morgan fingerprint density at radius 2 is 1.97 bits per heavy atom. The summed E-state index contributed by atoms with van der Waals surface area (Å²) in [6.07, 6.45) is 2.03. The number of ether oxygens (including phenoxy) is 2. The van der Waals surface area contributed by atoms with Gasteiger partial charge in [-0.1, -0.05) is 5.16 Å². The van der Waals surface area contributed by atoms with Crippen molar-refractivity contribution in [3.05, 3.63) is 46.7 Å². The lowest BCUT2D eigenvalue weighted by Crippen LogP contribution is -2.29. The molecule has 1 aliphatic heterocycles. The van der Waals surface area contributed by atoms with E-state index >= 15 is 0 Å². The number of halogens is 1. The van der Waals surface area contributed by atoms with Crippen LogP contribution in [0.15, 0.2) is 22.7 Å². The van der Waals surface area contributed by atoms with Crippen molar-refractivity contribution in [2.45, 2.75) is 46.1 Å². The maximum atomic E-state index is 14.5. The molecule has 0 radical (unpaired) electrons. The minimum atomic E-state index is -0.754. The molecular weight excluding hydrogens is 451 g/mol. The maximum absolute atomic E-state index is 14.5. The molecule has 0 bridgehead atoms. The quantitative estimate of drug-likeness (QED) is 0.473. The minimum Gasteiger partial charge on any atom is -0.488 e. The van der Waals surface area contributed by atoms with Gasteiger partial charge in [0.1, 0.15) is 18.5 Å². The van der Waals surface area contributed by atoms with Gasteiger partial charge in [0.15, 0.2) is 17.4 Å². The van der Waals surface area contributed by atoms with Crippen LogP contribution in [0.25, 0.3) is 22.6 Å². The topological polar surface area (TPSA) is 103 Å². The molecule has 2 N–H and O–H groups in total. The standard InChI is InChI=1S/C26H33FN4O4/c1-15-22(11-18-7-9-33-10-8-18)29-26(30-25(15)24-16(2)31-35-17(24)3)19-5-6-21(27)23(12-19)34-14-20(32)13-28-4/h5-6,12,18,20,28,32H,7-11,13-14H2,1-4H3. The fourth-order valence-electron chi connectivity index (χ4n) is 4.41. The number of aliphatic hydroxyl groups excluding tert-OH is 1. The summed E-state index contributed by atoms with van der Waals surface area (Å²) in [5.74, 6) is 1.18. The predicted molar refractivity (Wildman–Crippen MR) is 130 cm³/mol. The summed E-state index contributed by atoms with van der Waals surface area (Å²) >= 11 is 0. The Kier molecular flexibility index (Phi) is 8.10. The SMILES string of the molecule is CNCC(O)COc1cc(-c2nc(CC3CCOCC3)c(C)c(-c3c(C)noc3C)n2)ccc1F. The summed E-state index contributed by atoms with van der Waals surface area (Å²) in [7, 11) is 1.73. The average Bonchev–Trinajstić information content (AvgIpc) is 3.18. The van der Waals surface area contributed by atoms with E-state index < -0.39 is 11.9 Å². The molecule has 0 spiro atoms. The number of likely N-dealkylation sites (N-methyl/N-ethyl adjacent to an activating group) is 1. The molecular formula is C26H33FN4O4. The highest BCUT2D eigenvalue weighted by molar-refractivity contribution is 5.71. The van der Waals surface area contributed by atoms with Crippen LogP contribution >= 0.6 is 0 Å². The van der Waals surface area contributed by atoms with Crippen molar-refractivity contribution in [1.82, 2.24) is 20.4 Å². The molecule has 9 heteroatoms. The van der Waals surface area contributed by atoms with Crippen LogP contribution in [0, 0.1) is 32.5 Å². The van der Waals surface area contributed by atoms with Crippen LogP contribution < -0.4 is 10.1 Å². The van der Waals surface area contributed by atoms with E-state index in [0.717, 1.165) is 60.7 Å². The van der Waals surface area contributed by atoms with Gasteiger partial charge >= 0.3 is 0 Å². The van der Waals surface area contributed by atoms with Crippen LogP contribution in [0.2, 0.25) is 0 Å². The van der Waals surface area contributed by atoms with E-state index in [1.807, 2.05) is 20.8 Å². The van der Waals surface area contributed by atoms with Gasteiger partial charge in [0, 0.05) is 31.0 Å². The lowest BCUT2D eigenvalue weighted by Gasteiger charge is -2.23. The third-order valence-corrected chi connectivity index (χ3v) is 6.40. The first-order valence-corrected chi connectivity index (χ1v) is 12.0. The van der Waals surface area contributed by atoms with E-state index in [1.165, 1.54) is 6.07 Å². The van der Waals surface area contributed by atoms with Crippen LogP contribution in [0.1, 0.15) is 35.6 Å². The first-order valence-electron chi connectivity index (χ1n) is 12.0. The van der Waals surface area contributed by atoms with Crippen molar-refractivity contribution in [1.29, 1.82) is 0 Å². The van der Waals surface area contributed by atoms with Crippen molar-refractivity contribution in [3.63, 3.8) is 0 Å². The third kappa shape index (κ3) is 5.86. The van der Waals surface area contributed by atoms with E-state index in [2.05, 4.69) is 10.5 Å². The lowest BCUT2D eigenvalue weighted by molar-refractivity contribution is 0.0662. The molecule has 1 aromatic carbocycles. The van der Waals surface area contributed by atoms with E-state index in [4.69, 9.17) is 24.0 Å². The summed E-state index contributed by atoms with van der Waals surface area (Å²) in [5.41, 5.74) is 4.95. The molecule has 3 heterocycles. The molecule has 8 nitrogen and oxygen atoms in total. The van der Waals surface area contributed by atoms with Crippen LogP contribution in [0.4, 0.5) is 4.39 Å². The summed E-state index contributed by atoms with van der Waals surface area (Å²) in [5, 5.41) is 16.9. The zero-order valence-corrected chi connectivity index (χ0v) is 20.7. The second kappa shape index (κ2) is 11.2. The fourth-order valence-corrected chi connectivity index (χ4v) is 4.41. The molecule has 1 saturated heterocycles. The Balaban J connectivity index is 1.74. The average molecular weight is 485 g/mol. The summed E-state index contributed by atoms with van der Waals surface area (Å²) in [6, 6.07) is 4.57. The van der Waals surface area contributed by atoms with Crippen LogP contribution in [-0.4, -0.2) is 59.7 Å². The second-order valence-corrected chi connectivity index (χ2v) is 9.09. The molecule has 0 amide bonds. The molecule has 3 aromatic rings. The number of hydrogen-bond acceptors (Lipinski definition) is 8. The Bertz CT molecular complexity index is 1140. The van der Waals surface area contributed by atoms with Crippen molar-refractivity contribution in [2.75, 3.05) is 33.4 Å². The number of aliphatic hydroxyl groups is 1. The fraction of sp³-hybridized carbons (Fsp3) is 0.500. The van der Waals surface area contributed by atoms with Crippen molar-refractivity contribution < 1.29 is 23.5 Å². The Labute approximate surface area is 204 Å². The van der Waals surface area contributed by atoms with Gasteiger partial charge in [-0.3, -0.25) is 0 Å². The third-order valence-electron chi connectivity index (χ3n) is 6.40. The summed E-state index contributed by atoms with van der Waals surface area (Å²) in [4.78, 5) is 9.80. The first kappa shape index (κ1) is 25.2. The smallest absolute Gasteiger partial charge is 0.165 e. The monoisotopic (exact) mass is 484 g/mol. The van der Waals surface area contributed by atoms with E-state index in [0.29, 0.717) is 29.6 Å². The van der Waals surface area contributed by atoms with Gasteiger partial charge < -0.3 is 24.4 Å². The molecule has 4 rings (SSSR count). The number of hydrogen-bond donors (Lipinski definition) is 2. The molecule has 2 aromatic heterocycles. The van der Waals surface area contributed by atoms with E-state index in [-0.39, 0.29) is 12.4 Å². The van der Waals surface area contributed by atoms with Gasteiger partial charge in [0.05, 0.1) is 17.0 Å². The molecule has 35 heavy (non-hydrogen) atoms. The number of aromatic nitrogens is 3. The van der Waals surface area contributed by atoms with Gasteiger partial charge in [0.25, 0.3) is 0 Å². The molecule has 1 aliphatic rings. The van der Waals surface area contributed by atoms with E-state index in [1.54, 1.807) is 19.2 Å². The van der Waals surface area contributed by atoms with Crippen LogP contribution in [0.5, 0.6) is 5.75 Å². The zero-order valence-electron chi connectivity index (χ0n) is 20.7. The summed E-state index contributed by atoms with van der Waals surface area (Å²) < 4.78 is 31.0. The predicted octanol–water partition coefficient (Wildman–Crippen LogP) is 3.79. The van der Waals surface area contributed by atoms with Gasteiger partial charge in [-0.15, -0.1) is 0 Å².